The minimum Gasteiger partial charge on any atom is -0.361 e. The van der Waals surface area contributed by atoms with Crippen LogP contribution >= 0.6 is 11.8 Å². The SMILES string of the molecule is CC(=O)c1cc(CC2CCCS2)on1. The molecular formula is C10H13NO2S. The first-order chi connectivity index (χ1) is 6.75. The van der Waals surface area contributed by atoms with E-state index in [1.165, 1.54) is 25.5 Å². The summed E-state index contributed by atoms with van der Waals surface area (Å²) in [6.45, 7) is 1.51. The number of ketones is 1. The summed E-state index contributed by atoms with van der Waals surface area (Å²) >= 11 is 1.98. The molecule has 0 amide bonds. The van der Waals surface area contributed by atoms with Gasteiger partial charge in [0.15, 0.2) is 5.78 Å². The molecule has 1 aromatic heterocycles. The Hall–Kier alpha value is -0.770. The number of nitrogens with zero attached hydrogens (tertiary/aromatic N) is 1. The fourth-order valence-corrected chi connectivity index (χ4v) is 2.89. The van der Waals surface area contributed by atoms with E-state index in [1.807, 2.05) is 11.8 Å². The van der Waals surface area contributed by atoms with Crippen LogP contribution in [0.25, 0.3) is 0 Å². The predicted octanol–water partition coefficient (Wildman–Crippen LogP) is 2.32. The van der Waals surface area contributed by atoms with Crippen molar-refractivity contribution in [2.24, 2.45) is 0 Å². The van der Waals surface area contributed by atoms with E-state index >= 15 is 0 Å². The minimum absolute atomic E-state index is 0.0286. The molecule has 1 atom stereocenters. The minimum atomic E-state index is -0.0286. The largest absolute Gasteiger partial charge is 0.361 e. The number of Topliss-reactive ketones (excluding diaryl/α,β-unsaturated/α-hetero) is 1. The lowest BCUT2D eigenvalue weighted by Gasteiger charge is -2.02. The van der Waals surface area contributed by atoms with Crippen LogP contribution in [0.15, 0.2) is 10.6 Å². The Morgan fingerprint density at radius 2 is 2.64 bits per heavy atom. The van der Waals surface area contributed by atoms with Crippen molar-refractivity contribution in [3.05, 3.63) is 17.5 Å². The molecule has 76 valence electrons. The van der Waals surface area contributed by atoms with Crippen molar-refractivity contribution in [2.75, 3.05) is 5.75 Å². The van der Waals surface area contributed by atoms with Crippen LogP contribution in [-0.2, 0) is 6.42 Å². The second-order valence-corrected chi connectivity index (χ2v) is 4.98. The number of thioether (sulfide) groups is 1. The molecule has 1 saturated heterocycles. The lowest BCUT2D eigenvalue weighted by Crippen LogP contribution is -2.00. The first-order valence-corrected chi connectivity index (χ1v) is 5.88. The summed E-state index contributed by atoms with van der Waals surface area (Å²) in [5.41, 5.74) is 0.447. The van der Waals surface area contributed by atoms with Gasteiger partial charge in [-0.1, -0.05) is 5.16 Å². The number of aromatic nitrogens is 1. The second-order valence-electron chi connectivity index (χ2n) is 3.57. The summed E-state index contributed by atoms with van der Waals surface area (Å²) in [6.07, 6.45) is 3.45. The van der Waals surface area contributed by atoms with Gasteiger partial charge in [0.05, 0.1) is 0 Å². The Balaban J connectivity index is 1.98. The molecule has 2 rings (SSSR count). The van der Waals surface area contributed by atoms with E-state index < -0.39 is 0 Å². The fraction of sp³-hybridized carbons (Fsp3) is 0.600. The third kappa shape index (κ3) is 2.18. The van der Waals surface area contributed by atoms with E-state index in [-0.39, 0.29) is 5.78 Å². The summed E-state index contributed by atoms with van der Waals surface area (Å²) in [6, 6.07) is 1.77. The molecule has 3 nitrogen and oxygen atoms in total. The monoisotopic (exact) mass is 211 g/mol. The van der Waals surface area contributed by atoms with E-state index in [4.69, 9.17) is 4.52 Å². The smallest absolute Gasteiger partial charge is 0.181 e. The van der Waals surface area contributed by atoms with Crippen LogP contribution in [-0.4, -0.2) is 21.9 Å². The van der Waals surface area contributed by atoms with Crippen molar-refractivity contribution in [1.82, 2.24) is 5.16 Å². The van der Waals surface area contributed by atoms with Crippen LogP contribution in [0.4, 0.5) is 0 Å². The summed E-state index contributed by atoms with van der Waals surface area (Å²) in [7, 11) is 0. The maximum Gasteiger partial charge on any atom is 0.181 e. The molecule has 0 aromatic carbocycles. The summed E-state index contributed by atoms with van der Waals surface area (Å²) < 4.78 is 5.10. The molecule has 0 saturated carbocycles. The van der Waals surface area contributed by atoms with Gasteiger partial charge in [-0.25, -0.2) is 0 Å². The van der Waals surface area contributed by atoms with Gasteiger partial charge in [0.25, 0.3) is 0 Å². The van der Waals surface area contributed by atoms with Gasteiger partial charge < -0.3 is 4.52 Å². The van der Waals surface area contributed by atoms with Gasteiger partial charge in [0.2, 0.25) is 0 Å². The van der Waals surface area contributed by atoms with Crippen molar-refractivity contribution < 1.29 is 9.32 Å². The zero-order chi connectivity index (χ0) is 9.97. The zero-order valence-corrected chi connectivity index (χ0v) is 8.97. The maximum atomic E-state index is 11.0. The van der Waals surface area contributed by atoms with Crippen molar-refractivity contribution in [3.63, 3.8) is 0 Å². The van der Waals surface area contributed by atoms with Crippen molar-refractivity contribution in [2.45, 2.75) is 31.4 Å². The highest BCUT2D eigenvalue weighted by Crippen LogP contribution is 2.29. The zero-order valence-electron chi connectivity index (χ0n) is 8.16. The summed E-state index contributed by atoms with van der Waals surface area (Å²) in [5.74, 6) is 2.06. The molecule has 0 aliphatic carbocycles. The molecule has 0 spiro atoms. The molecule has 4 heteroatoms. The molecule has 0 radical (unpaired) electrons. The van der Waals surface area contributed by atoms with Gasteiger partial charge in [-0.05, 0) is 18.6 Å². The number of hydrogen-bond donors (Lipinski definition) is 0. The van der Waals surface area contributed by atoms with E-state index in [0.29, 0.717) is 10.9 Å². The van der Waals surface area contributed by atoms with Crippen LogP contribution in [0, 0.1) is 0 Å². The molecule has 2 heterocycles. The first-order valence-electron chi connectivity index (χ1n) is 4.84. The molecule has 0 N–H and O–H groups in total. The molecule has 1 fully saturated rings. The summed E-state index contributed by atoms with van der Waals surface area (Å²) in [5, 5.41) is 4.38. The average molecular weight is 211 g/mol. The standard InChI is InChI=1S/C10H13NO2S/c1-7(12)10-6-8(13-11-10)5-9-3-2-4-14-9/h6,9H,2-5H2,1H3. The molecule has 1 aliphatic rings. The third-order valence-corrected chi connectivity index (χ3v) is 3.77. The predicted molar refractivity (Wildman–Crippen MR) is 55.7 cm³/mol. The van der Waals surface area contributed by atoms with Gasteiger partial charge in [-0.2, -0.15) is 11.8 Å². The van der Waals surface area contributed by atoms with Crippen molar-refractivity contribution in [1.29, 1.82) is 0 Å². The highest BCUT2D eigenvalue weighted by Gasteiger charge is 2.18. The maximum absolute atomic E-state index is 11.0. The Morgan fingerprint density at radius 1 is 1.79 bits per heavy atom. The molecule has 1 unspecified atom stereocenters. The lowest BCUT2D eigenvalue weighted by atomic mass is 10.1. The summed E-state index contributed by atoms with van der Waals surface area (Å²) in [4.78, 5) is 11.0. The molecule has 0 bridgehead atoms. The van der Waals surface area contributed by atoms with Crippen LogP contribution in [0.2, 0.25) is 0 Å². The van der Waals surface area contributed by atoms with Crippen LogP contribution < -0.4 is 0 Å². The quantitative estimate of drug-likeness (QED) is 0.720. The van der Waals surface area contributed by atoms with Gasteiger partial charge in [0, 0.05) is 24.7 Å². The molecule has 14 heavy (non-hydrogen) atoms. The van der Waals surface area contributed by atoms with Crippen molar-refractivity contribution >= 4 is 17.5 Å². The van der Waals surface area contributed by atoms with Crippen molar-refractivity contribution in [3.8, 4) is 0 Å². The normalized spacial score (nSPS) is 21.4. The Morgan fingerprint density at radius 3 is 3.21 bits per heavy atom. The fourth-order valence-electron chi connectivity index (χ4n) is 1.60. The number of carbonyl (C=O) groups is 1. The Kier molecular flexibility index (Phi) is 2.91. The molecule has 1 aromatic rings. The van der Waals surface area contributed by atoms with Crippen LogP contribution in [0.5, 0.6) is 0 Å². The van der Waals surface area contributed by atoms with E-state index in [1.54, 1.807) is 6.07 Å². The van der Waals surface area contributed by atoms with E-state index in [2.05, 4.69) is 5.16 Å². The van der Waals surface area contributed by atoms with Crippen LogP contribution in [0.1, 0.15) is 36.0 Å². The Bertz CT molecular complexity index is 329. The van der Waals surface area contributed by atoms with Gasteiger partial charge in [0.1, 0.15) is 11.5 Å². The van der Waals surface area contributed by atoms with Crippen LogP contribution in [0.3, 0.4) is 0 Å². The van der Waals surface area contributed by atoms with Gasteiger partial charge in [-0.15, -0.1) is 0 Å². The lowest BCUT2D eigenvalue weighted by molar-refractivity contribution is 0.100. The van der Waals surface area contributed by atoms with E-state index in [0.717, 1.165) is 12.2 Å². The highest BCUT2D eigenvalue weighted by molar-refractivity contribution is 8.00. The van der Waals surface area contributed by atoms with E-state index in [9.17, 15) is 4.79 Å². The Labute approximate surface area is 87.2 Å². The topological polar surface area (TPSA) is 43.1 Å². The highest BCUT2D eigenvalue weighted by atomic mass is 32.2. The van der Waals surface area contributed by atoms with Gasteiger partial charge in [-0.3, -0.25) is 4.79 Å². The number of rotatable bonds is 3. The number of carbonyl (C=O) groups excluding carboxylic acids is 1. The first kappa shape index (κ1) is 9.77. The molecular weight excluding hydrogens is 198 g/mol. The van der Waals surface area contributed by atoms with Gasteiger partial charge >= 0.3 is 0 Å². The number of hydrogen-bond acceptors (Lipinski definition) is 4. The second kappa shape index (κ2) is 4.17. The molecule has 1 aliphatic heterocycles. The third-order valence-electron chi connectivity index (χ3n) is 2.37. The average Bonchev–Trinajstić information content (AvgIpc) is 2.75.